The minimum absolute atomic E-state index is 0.171. The molecule has 0 amide bonds. The quantitative estimate of drug-likeness (QED) is 0.491. The summed E-state index contributed by atoms with van der Waals surface area (Å²) in [4.78, 5) is 15.9. The highest BCUT2D eigenvalue weighted by atomic mass is 16.3. The van der Waals surface area contributed by atoms with Crippen molar-refractivity contribution in [3.05, 3.63) is 60.8 Å². The van der Waals surface area contributed by atoms with E-state index in [1.807, 2.05) is 24.3 Å². The molecule has 30 heavy (non-hydrogen) atoms. The third-order valence-electron chi connectivity index (χ3n) is 5.38. The lowest BCUT2D eigenvalue weighted by molar-refractivity contribution is 0.422. The van der Waals surface area contributed by atoms with Gasteiger partial charge in [0.25, 0.3) is 5.78 Å². The van der Waals surface area contributed by atoms with Gasteiger partial charge in [-0.2, -0.15) is 14.5 Å². The van der Waals surface area contributed by atoms with Crippen molar-refractivity contribution in [1.82, 2.24) is 29.9 Å². The number of furan rings is 1. The Kier molecular flexibility index (Phi) is 3.98. The molecule has 150 valence electrons. The summed E-state index contributed by atoms with van der Waals surface area (Å²) in [5, 5.41) is 7.86. The number of aromatic nitrogens is 5. The molecular formula is C21H19N7O2. The number of hydrogen-bond donors (Lipinski definition) is 1. The van der Waals surface area contributed by atoms with E-state index in [-0.39, 0.29) is 6.04 Å². The van der Waals surface area contributed by atoms with E-state index in [0.717, 1.165) is 43.1 Å². The van der Waals surface area contributed by atoms with Gasteiger partial charge in [-0.25, -0.2) is 4.98 Å². The van der Waals surface area contributed by atoms with E-state index in [1.165, 1.54) is 0 Å². The van der Waals surface area contributed by atoms with Crippen molar-refractivity contribution in [3.8, 4) is 22.9 Å². The first-order valence-corrected chi connectivity index (χ1v) is 9.91. The van der Waals surface area contributed by atoms with Gasteiger partial charge in [0.1, 0.15) is 17.8 Å². The number of fused-ring (bicyclic) bond motifs is 2. The molecule has 9 nitrogen and oxygen atoms in total. The molecule has 0 radical (unpaired) electrons. The first-order chi connectivity index (χ1) is 14.8. The molecule has 1 N–H and O–H groups in total. The van der Waals surface area contributed by atoms with Gasteiger partial charge in [0.05, 0.1) is 12.3 Å². The van der Waals surface area contributed by atoms with Crippen LogP contribution in [0.4, 0.5) is 5.95 Å². The van der Waals surface area contributed by atoms with Gasteiger partial charge in [0.15, 0.2) is 5.76 Å². The van der Waals surface area contributed by atoms with Gasteiger partial charge in [-0.15, -0.1) is 5.10 Å². The first-order valence-electron chi connectivity index (χ1n) is 9.91. The van der Waals surface area contributed by atoms with Crippen molar-refractivity contribution in [2.75, 3.05) is 24.5 Å². The van der Waals surface area contributed by atoms with Gasteiger partial charge in [-0.05, 0) is 30.3 Å². The van der Waals surface area contributed by atoms with Crippen molar-refractivity contribution in [2.45, 2.75) is 12.5 Å². The van der Waals surface area contributed by atoms with Crippen LogP contribution in [0.5, 0.6) is 0 Å². The molecule has 0 spiro atoms. The van der Waals surface area contributed by atoms with Crippen LogP contribution in [0.15, 0.2) is 63.9 Å². The Morgan fingerprint density at radius 1 is 1.07 bits per heavy atom. The minimum Gasteiger partial charge on any atom is -0.461 e. The van der Waals surface area contributed by atoms with Gasteiger partial charge < -0.3 is 19.1 Å². The van der Waals surface area contributed by atoms with Crippen molar-refractivity contribution >= 4 is 11.7 Å². The predicted octanol–water partition coefficient (Wildman–Crippen LogP) is 2.50. The number of nitrogens with zero attached hydrogens (tertiary/aromatic N) is 6. The maximum Gasteiger partial charge on any atom is 0.257 e. The topological polar surface area (TPSA) is 97.5 Å². The SMILES string of the molecule is c1cc2ccc(CC3CNCCN3c3ncn4nc(-c5ccco5)nc4n3)oc-2c1. The maximum atomic E-state index is 6.07. The van der Waals surface area contributed by atoms with Crippen LogP contribution in [0.3, 0.4) is 0 Å². The smallest absolute Gasteiger partial charge is 0.257 e. The average Bonchev–Trinajstić information content (AvgIpc) is 3.53. The molecule has 0 aromatic carbocycles. The zero-order chi connectivity index (χ0) is 19.9. The highest BCUT2D eigenvalue weighted by Gasteiger charge is 2.26. The average molecular weight is 401 g/mol. The van der Waals surface area contributed by atoms with E-state index in [1.54, 1.807) is 23.2 Å². The number of hydrogen-bond acceptors (Lipinski definition) is 8. The summed E-state index contributed by atoms with van der Waals surface area (Å²) in [6.45, 7) is 2.50. The summed E-state index contributed by atoms with van der Waals surface area (Å²) >= 11 is 0. The molecule has 5 heterocycles. The molecule has 2 aliphatic heterocycles. The van der Waals surface area contributed by atoms with Crippen LogP contribution in [0.2, 0.25) is 0 Å². The summed E-state index contributed by atoms with van der Waals surface area (Å²) in [6, 6.07) is 14.0. The van der Waals surface area contributed by atoms with E-state index >= 15 is 0 Å². The second kappa shape index (κ2) is 6.96. The number of anilines is 1. The Hall–Kier alpha value is -3.72. The monoisotopic (exact) mass is 401 g/mol. The molecule has 1 fully saturated rings. The molecule has 0 bridgehead atoms. The summed E-state index contributed by atoms with van der Waals surface area (Å²) in [5.41, 5.74) is 1.12. The first kappa shape index (κ1) is 17.2. The molecule has 0 saturated carbocycles. The highest BCUT2D eigenvalue weighted by molar-refractivity contribution is 5.60. The number of rotatable bonds is 4. The lowest BCUT2D eigenvalue weighted by atomic mass is 10.1. The normalized spacial score (nSPS) is 17.2. The zero-order valence-corrected chi connectivity index (χ0v) is 16.1. The summed E-state index contributed by atoms with van der Waals surface area (Å²) in [6.07, 6.45) is 4.00. The Labute approximate surface area is 171 Å². The fourth-order valence-corrected chi connectivity index (χ4v) is 3.90. The molecule has 3 aromatic rings. The van der Waals surface area contributed by atoms with Gasteiger partial charge in [-0.3, -0.25) is 0 Å². The highest BCUT2D eigenvalue weighted by Crippen LogP contribution is 2.26. The van der Waals surface area contributed by atoms with Gasteiger partial charge >= 0.3 is 0 Å². The van der Waals surface area contributed by atoms with Crippen molar-refractivity contribution < 1.29 is 8.83 Å². The molecule has 1 unspecified atom stereocenters. The zero-order valence-electron chi connectivity index (χ0n) is 16.1. The summed E-state index contributed by atoms with van der Waals surface area (Å²) in [7, 11) is 0. The Morgan fingerprint density at radius 2 is 2.03 bits per heavy atom. The molecule has 6 rings (SSSR count). The third kappa shape index (κ3) is 3.00. The Bertz CT molecular complexity index is 1260. The van der Waals surface area contributed by atoms with Crippen molar-refractivity contribution in [2.24, 2.45) is 0 Å². The predicted molar refractivity (Wildman–Crippen MR) is 109 cm³/mol. The van der Waals surface area contributed by atoms with E-state index in [4.69, 9.17) is 8.83 Å². The van der Waals surface area contributed by atoms with Gasteiger partial charge in [-0.1, -0.05) is 12.1 Å². The fourth-order valence-electron chi connectivity index (χ4n) is 3.90. The van der Waals surface area contributed by atoms with Crippen LogP contribution in [0, 0.1) is 0 Å². The van der Waals surface area contributed by atoms with Gasteiger partial charge in [0, 0.05) is 31.6 Å². The Balaban J connectivity index is 1.30. The summed E-state index contributed by atoms with van der Waals surface area (Å²) < 4.78 is 13.0. The minimum atomic E-state index is 0.171. The maximum absolute atomic E-state index is 6.07. The van der Waals surface area contributed by atoms with E-state index < -0.39 is 0 Å². The van der Waals surface area contributed by atoms with Crippen LogP contribution in [0.1, 0.15) is 5.76 Å². The standard InChI is InChI=1S/C21H19N7O2/c1-3-14-6-7-16(30-17(14)4-1)11-15-12-22-8-9-27(15)20-23-13-28-21(25-20)24-19(26-28)18-5-2-10-29-18/h1-7,10,13,15,22H,8-9,11-12H2. The number of piperazine rings is 1. The van der Waals surface area contributed by atoms with Crippen molar-refractivity contribution in [1.29, 1.82) is 0 Å². The molecule has 1 aliphatic carbocycles. The second-order valence-corrected chi connectivity index (χ2v) is 7.32. The molecule has 1 saturated heterocycles. The molecule has 9 heteroatoms. The third-order valence-corrected chi connectivity index (χ3v) is 5.38. The van der Waals surface area contributed by atoms with Crippen LogP contribution in [0.25, 0.3) is 28.7 Å². The van der Waals surface area contributed by atoms with Crippen LogP contribution in [-0.4, -0.2) is 50.2 Å². The molecule has 1 atom stereocenters. The summed E-state index contributed by atoms with van der Waals surface area (Å²) in [5.74, 6) is 4.08. The number of nitrogens with one attached hydrogen (secondary N) is 1. The largest absolute Gasteiger partial charge is 0.461 e. The van der Waals surface area contributed by atoms with E-state index in [9.17, 15) is 0 Å². The Morgan fingerprint density at radius 3 is 2.97 bits per heavy atom. The van der Waals surface area contributed by atoms with Crippen LogP contribution >= 0.6 is 0 Å². The lowest BCUT2D eigenvalue weighted by Crippen LogP contribution is -2.53. The second-order valence-electron chi connectivity index (χ2n) is 7.32. The van der Waals surface area contributed by atoms with Crippen molar-refractivity contribution in [3.63, 3.8) is 0 Å². The van der Waals surface area contributed by atoms with Gasteiger partial charge in [0.2, 0.25) is 11.8 Å². The van der Waals surface area contributed by atoms with E-state index in [2.05, 4.69) is 42.4 Å². The van der Waals surface area contributed by atoms with Crippen LogP contribution in [-0.2, 0) is 6.42 Å². The molecular weight excluding hydrogens is 382 g/mol. The fraction of sp³-hybridized carbons (Fsp3) is 0.238. The lowest BCUT2D eigenvalue weighted by Gasteiger charge is -2.35. The molecule has 3 aliphatic rings. The molecule has 3 aromatic heterocycles. The van der Waals surface area contributed by atoms with E-state index in [0.29, 0.717) is 23.3 Å². The van der Waals surface area contributed by atoms with Crippen LogP contribution < -0.4 is 10.2 Å².